The van der Waals surface area contributed by atoms with E-state index in [-0.39, 0.29) is 17.8 Å². The summed E-state index contributed by atoms with van der Waals surface area (Å²) < 4.78 is 40.0. The minimum atomic E-state index is -4.31. The second kappa shape index (κ2) is 6.94. The number of hydrogen-bond donors (Lipinski definition) is 2. The Labute approximate surface area is 172 Å². The van der Waals surface area contributed by atoms with Crippen molar-refractivity contribution in [1.29, 1.82) is 0 Å². The fourth-order valence-electron chi connectivity index (χ4n) is 3.50. The van der Waals surface area contributed by atoms with Crippen LogP contribution < -0.4 is 11.1 Å². The van der Waals surface area contributed by atoms with Crippen LogP contribution in [-0.4, -0.2) is 45.6 Å². The number of nitrogens with two attached hydrogens (primary N) is 1. The summed E-state index contributed by atoms with van der Waals surface area (Å²) in [6.45, 7) is 2.13. The summed E-state index contributed by atoms with van der Waals surface area (Å²) in [4.78, 5) is 34.4. The van der Waals surface area contributed by atoms with Crippen molar-refractivity contribution >= 4 is 39.7 Å². The number of alkyl halides is 3. The minimum Gasteiger partial charge on any atom is -0.368 e. The van der Waals surface area contributed by atoms with Gasteiger partial charge in [-0.05, 0) is 32.6 Å². The van der Waals surface area contributed by atoms with E-state index in [4.69, 9.17) is 5.73 Å². The highest BCUT2D eigenvalue weighted by Crippen LogP contribution is 2.59. The van der Waals surface area contributed by atoms with Crippen molar-refractivity contribution in [2.45, 2.75) is 50.2 Å². The molecule has 1 aliphatic heterocycles. The lowest BCUT2D eigenvalue weighted by Gasteiger charge is -2.21. The number of carbonyl (C=O) groups excluding carboxylic acids is 2. The number of urea groups is 1. The van der Waals surface area contributed by atoms with Gasteiger partial charge in [0.25, 0.3) is 0 Å². The summed E-state index contributed by atoms with van der Waals surface area (Å²) in [5.74, 6) is -0.553. The summed E-state index contributed by atoms with van der Waals surface area (Å²) in [6.07, 6.45) is -2.98. The standard InChI is InChI=1S/C17H18F3N5O2S2/c1-8-11(9-7-28-13(23-9)16(4-5-16)17(18,19)20)29-14(22-8)24-15(27)25-6-2-3-10(25)12(21)26/h7,10H,2-6H2,1H3,(H2,21,26)(H,22,24,27)/t10-/m0/s1. The van der Waals surface area contributed by atoms with Crippen LogP contribution in [0.15, 0.2) is 5.38 Å². The van der Waals surface area contributed by atoms with E-state index in [0.29, 0.717) is 40.8 Å². The predicted octanol–water partition coefficient (Wildman–Crippen LogP) is 3.65. The third kappa shape index (κ3) is 3.48. The summed E-state index contributed by atoms with van der Waals surface area (Å²) in [7, 11) is 0. The molecule has 0 unspecified atom stereocenters. The number of aromatic nitrogens is 2. The van der Waals surface area contributed by atoms with Crippen LogP contribution in [0.2, 0.25) is 0 Å². The number of likely N-dealkylation sites (tertiary alicyclic amines) is 1. The highest BCUT2D eigenvalue weighted by Gasteiger charge is 2.66. The molecule has 3 N–H and O–H groups in total. The molecule has 1 saturated heterocycles. The molecule has 0 aromatic carbocycles. The molecule has 12 heteroatoms. The molecule has 3 amide bonds. The maximum Gasteiger partial charge on any atom is 0.400 e. The number of halogens is 3. The summed E-state index contributed by atoms with van der Waals surface area (Å²) in [6, 6.07) is -1.12. The lowest BCUT2D eigenvalue weighted by Crippen LogP contribution is -2.45. The zero-order chi connectivity index (χ0) is 21.0. The van der Waals surface area contributed by atoms with E-state index in [1.807, 2.05) is 0 Å². The Hall–Kier alpha value is -2.21. The molecule has 3 heterocycles. The van der Waals surface area contributed by atoms with Gasteiger partial charge in [-0.15, -0.1) is 11.3 Å². The van der Waals surface area contributed by atoms with E-state index >= 15 is 0 Å². The van der Waals surface area contributed by atoms with Gasteiger partial charge >= 0.3 is 12.2 Å². The number of carbonyl (C=O) groups is 2. The Kier molecular flexibility index (Phi) is 4.80. The van der Waals surface area contributed by atoms with Crippen LogP contribution in [0.3, 0.4) is 0 Å². The highest BCUT2D eigenvalue weighted by molar-refractivity contribution is 7.19. The Balaban J connectivity index is 1.52. The van der Waals surface area contributed by atoms with Crippen LogP contribution in [-0.2, 0) is 10.2 Å². The molecule has 2 aliphatic rings. The predicted molar refractivity (Wildman–Crippen MR) is 103 cm³/mol. The van der Waals surface area contributed by atoms with E-state index in [1.54, 1.807) is 12.3 Å². The quantitative estimate of drug-likeness (QED) is 0.750. The maximum atomic E-state index is 13.3. The van der Waals surface area contributed by atoms with Crippen LogP contribution >= 0.6 is 22.7 Å². The fraction of sp³-hybridized carbons (Fsp3) is 0.529. The van der Waals surface area contributed by atoms with Crippen molar-refractivity contribution in [3.05, 3.63) is 16.1 Å². The molecule has 2 aromatic rings. The Morgan fingerprint density at radius 2 is 2.07 bits per heavy atom. The van der Waals surface area contributed by atoms with Gasteiger partial charge in [0.2, 0.25) is 5.91 Å². The van der Waals surface area contributed by atoms with Crippen LogP contribution in [0.4, 0.5) is 23.1 Å². The van der Waals surface area contributed by atoms with Crippen molar-refractivity contribution in [3.8, 4) is 10.6 Å². The first-order chi connectivity index (χ1) is 13.6. The number of nitrogens with zero attached hydrogens (tertiary/aromatic N) is 3. The molecule has 1 aliphatic carbocycles. The first kappa shape index (κ1) is 20.1. The number of hydrogen-bond acceptors (Lipinski definition) is 6. The molecule has 0 bridgehead atoms. The second-order valence-corrected chi connectivity index (χ2v) is 9.09. The lowest BCUT2D eigenvalue weighted by atomic mass is 10.1. The Morgan fingerprint density at radius 3 is 2.69 bits per heavy atom. The highest BCUT2D eigenvalue weighted by atomic mass is 32.1. The summed E-state index contributed by atoms with van der Waals surface area (Å²) in [5.41, 5.74) is 4.51. The largest absolute Gasteiger partial charge is 0.400 e. The van der Waals surface area contributed by atoms with Gasteiger partial charge in [-0.25, -0.2) is 14.8 Å². The van der Waals surface area contributed by atoms with Gasteiger partial charge in [-0.2, -0.15) is 13.2 Å². The van der Waals surface area contributed by atoms with Crippen molar-refractivity contribution in [1.82, 2.24) is 14.9 Å². The van der Waals surface area contributed by atoms with Crippen molar-refractivity contribution in [3.63, 3.8) is 0 Å². The molecule has 2 fully saturated rings. The topological polar surface area (TPSA) is 101 Å². The van der Waals surface area contributed by atoms with Crippen LogP contribution in [0.25, 0.3) is 10.6 Å². The number of amides is 3. The molecule has 29 heavy (non-hydrogen) atoms. The van der Waals surface area contributed by atoms with E-state index in [1.165, 1.54) is 4.90 Å². The van der Waals surface area contributed by atoms with Gasteiger partial charge in [-0.1, -0.05) is 11.3 Å². The van der Waals surface area contributed by atoms with Gasteiger partial charge in [0.15, 0.2) is 5.13 Å². The smallest absolute Gasteiger partial charge is 0.368 e. The Morgan fingerprint density at radius 1 is 1.34 bits per heavy atom. The third-order valence-electron chi connectivity index (χ3n) is 5.29. The average Bonchev–Trinajstić information content (AvgIpc) is 2.99. The molecular weight excluding hydrogens is 427 g/mol. The Bertz CT molecular complexity index is 967. The molecule has 1 atom stereocenters. The van der Waals surface area contributed by atoms with Gasteiger partial charge in [-0.3, -0.25) is 10.1 Å². The zero-order valence-corrected chi connectivity index (χ0v) is 17.0. The first-order valence-corrected chi connectivity index (χ1v) is 10.7. The van der Waals surface area contributed by atoms with Crippen molar-refractivity contribution in [2.75, 3.05) is 11.9 Å². The van der Waals surface area contributed by atoms with Crippen LogP contribution in [0.1, 0.15) is 36.4 Å². The molecule has 7 nitrogen and oxygen atoms in total. The monoisotopic (exact) mass is 445 g/mol. The van der Waals surface area contributed by atoms with E-state index in [0.717, 1.165) is 22.7 Å². The fourth-order valence-corrected chi connectivity index (χ4v) is 5.58. The van der Waals surface area contributed by atoms with Crippen LogP contribution in [0.5, 0.6) is 0 Å². The maximum absolute atomic E-state index is 13.3. The molecule has 156 valence electrons. The minimum absolute atomic E-state index is 0.0588. The zero-order valence-electron chi connectivity index (χ0n) is 15.4. The molecule has 0 radical (unpaired) electrons. The molecule has 0 spiro atoms. The number of anilines is 1. The number of nitrogens with one attached hydrogen (secondary N) is 1. The number of aryl methyl sites for hydroxylation is 1. The average molecular weight is 445 g/mol. The van der Waals surface area contributed by atoms with Gasteiger partial charge in [0.05, 0.1) is 16.3 Å². The third-order valence-corrected chi connectivity index (χ3v) is 7.43. The molecule has 2 aromatic heterocycles. The number of thiazole rings is 2. The van der Waals surface area contributed by atoms with E-state index < -0.39 is 29.6 Å². The number of primary amides is 1. The van der Waals surface area contributed by atoms with E-state index in [9.17, 15) is 22.8 Å². The molecule has 4 rings (SSSR count). The molecule has 1 saturated carbocycles. The lowest BCUT2D eigenvalue weighted by molar-refractivity contribution is -0.160. The summed E-state index contributed by atoms with van der Waals surface area (Å²) in [5, 5.41) is 4.61. The van der Waals surface area contributed by atoms with Gasteiger partial charge < -0.3 is 10.6 Å². The summed E-state index contributed by atoms with van der Waals surface area (Å²) >= 11 is 2.14. The first-order valence-electron chi connectivity index (χ1n) is 9.00. The normalized spacial score (nSPS) is 20.7. The van der Waals surface area contributed by atoms with E-state index in [2.05, 4.69) is 15.3 Å². The van der Waals surface area contributed by atoms with Crippen molar-refractivity contribution < 1.29 is 22.8 Å². The van der Waals surface area contributed by atoms with Crippen molar-refractivity contribution in [2.24, 2.45) is 5.73 Å². The second-order valence-electron chi connectivity index (χ2n) is 7.24. The van der Waals surface area contributed by atoms with Gasteiger partial charge in [0, 0.05) is 11.9 Å². The van der Waals surface area contributed by atoms with Crippen LogP contribution in [0, 0.1) is 6.92 Å². The molecular formula is C17H18F3N5O2S2. The SMILES string of the molecule is Cc1nc(NC(=O)N2CCC[C@H]2C(N)=O)sc1-c1csc(C2(C(F)(F)F)CC2)n1. The van der Waals surface area contributed by atoms with Gasteiger partial charge in [0.1, 0.15) is 16.5 Å². The number of rotatable bonds is 4.